The molecule has 1 aliphatic carbocycles. The van der Waals surface area contributed by atoms with Gasteiger partial charge in [-0.3, -0.25) is 0 Å². The highest BCUT2D eigenvalue weighted by molar-refractivity contribution is 7.16. The van der Waals surface area contributed by atoms with Crippen LogP contribution >= 0.6 is 11.3 Å². The topological polar surface area (TPSA) is 73.9 Å². The van der Waals surface area contributed by atoms with Crippen molar-refractivity contribution in [1.29, 1.82) is 0 Å². The summed E-state index contributed by atoms with van der Waals surface area (Å²) in [7, 11) is 1.59. The van der Waals surface area contributed by atoms with Gasteiger partial charge < -0.3 is 19.5 Å². The van der Waals surface area contributed by atoms with E-state index in [4.69, 9.17) is 14.2 Å². The number of benzene rings is 2. The molecule has 1 N–H and O–H groups in total. The molecule has 0 saturated heterocycles. The lowest BCUT2D eigenvalue weighted by Gasteiger charge is -2.14. The highest BCUT2D eigenvalue weighted by Crippen LogP contribution is 2.40. The van der Waals surface area contributed by atoms with Gasteiger partial charge in [0.1, 0.15) is 16.5 Å². The van der Waals surface area contributed by atoms with Crippen molar-refractivity contribution >= 4 is 28.3 Å². The van der Waals surface area contributed by atoms with Crippen LogP contribution in [0.25, 0.3) is 0 Å². The zero-order valence-corrected chi connectivity index (χ0v) is 18.9. The van der Waals surface area contributed by atoms with Crippen LogP contribution in [0.4, 0.5) is 5.00 Å². The Bertz CT molecular complexity index is 1120. The minimum atomic E-state index is -0.431. The van der Waals surface area contributed by atoms with E-state index < -0.39 is 5.97 Å². The summed E-state index contributed by atoms with van der Waals surface area (Å²) < 4.78 is 16.3. The average molecular weight is 452 g/mol. The summed E-state index contributed by atoms with van der Waals surface area (Å²) in [6.45, 7) is 2.50. The van der Waals surface area contributed by atoms with Crippen molar-refractivity contribution in [3.05, 3.63) is 75.7 Å². The van der Waals surface area contributed by atoms with Crippen LogP contribution in [0.5, 0.6) is 11.5 Å². The van der Waals surface area contributed by atoms with E-state index >= 15 is 0 Å². The quantitative estimate of drug-likeness (QED) is 0.372. The van der Waals surface area contributed by atoms with Crippen molar-refractivity contribution in [2.75, 3.05) is 19.0 Å². The van der Waals surface area contributed by atoms with E-state index in [1.807, 2.05) is 12.1 Å². The van der Waals surface area contributed by atoms with Gasteiger partial charge in [0.25, 0.3) is 0 Å². The number of carbonyl (C=O) groups is 2. The Morgan fingerprint density at radius 2 is 1.88 bits per heavy atom. The van der Waals surface area contributed by atoms with Gasteiger partial charge in [-0.15, -0.1) is 11.3 Å². The van der Waals surface area contributed by atoms with Crippen LogP contribution in [0.3, 0.4) is 0 Å². The molecule has 2 aromatic carbocycles. The summed E-state index contributed by atoms with van der Waals surface area (Å²) in [5, 5.41) is 4.16. The molecule has 0 fully saturated rings. The number of ether oxygens (including phenoxy) is 3. The summed E-state index contributed by atoms with van der Waals surface area (Å²) in [4.78, 5) is 26.4. The van der Waals surface area contributed by atoms with Crippen LogP contribution in [0.2, 0.25) is 0 Å². The second-order valence-corrected chi connectivity index (χ2v) is 8.47. The van der Waals surface area contributed by atoms with Gasteiger partial charge in [0.2, 0.25) is 0 Å². The first-order valence-corrected chi connectivity index (χ1v) is 11.4. The van der Waals surface area contributed by atoms with Crippen molar-refractivity contribution in [3.63, 3.8) is 0 Å². The molecular weight excluding hydrogens is 426 g/mol. The average Bonchev–Trinajstić information content (AvgIpc) is 3.40. The molecule has 1 heterocycles. The minimum Gasteiger partial charge on any atom is -0.497 e. The number of anilines is 1. The fourth-order valence-corrected chi connectivity index (χ4v) is 5.05. The normalized spacial score (nSPS) is 12.2. The third-order valence-electron chi connectivity index (χ3n) is 5.32. The largest absolute Gasteiger partial charge is 0.497 e. The molecule has 7 heteroatoms. The lowest BCUT2D eigenvalue weighted by molar-refractivity contribution is 0.0526. The molecule has 0 aliphatic heterocycles. The molecule has 0 atom stereocenters. The van der Waals surface area contributed by atoms with Gasteiger partial charge in [0.05, 0.1) is 24.8 Å². The Hall–Kier alpha value is -3.32. The van der Waals surface area contributed by atoms with E-state index in [0.29, 0.717) is 35.8 Å². The number of hydrogen-bond acceptors (Lipinski definition) is 7. The van der Waals surface area contributed by atoms with Crippen LogP contribution in [0, 0.1) is 0 Å². The Labute approximate surface area is 191 Å². The predicted octanol–water partition coefficient (Wildman–Crippen LogP) is 5.25. The first-order valence-electron chi connectivity index (χ1n) is 10.6. The van der Waals surface area contributed by atoms with Gasteiger partial charge >= 0.3 is 11.9 Å². The summed E-state index contributed by atoms with van der Waals surface area (Å²) >= 11 is 1.60. The highest BCUT2D eigenvalue weighted by Gasteiger charge is 2.27. The van der Waals surface area contributed by atoms with Crippen LogP contribution in [0.1, 0.15) is 50.1 Å². The number of fused-ring (bicyclic) bond motifs is 1. The van der Waals surface area contributed by atoms with E-state index in [1.54, 1.807) is 61.8 Å². The predicted molar refractivity (Wildman–Crippen MR) is 124 cm³/mol. The van der Waals surface area contributed by atoms with E-state index in [1.165, 1.54) is 4.88 Å². The van der Waals surface area contributed by atoms with Crippen LogP contribution in [-0.4, -0.2) is 25.7 Å². The first-order chi connectivity index (χ1) is 15.6. The molecular formula is C25H25NO5S. The van der Waals surface area contributed by atoms with Gasteiger partial charge in [-0.1, -0.05) is 18.2 Å². The van der Waals surface area contributed by atoms with Crippen LogP contribution in [0.15, 0.2) is 48.5 Å². The monoisotopic (exact) mass is 451 g/mol. The van der Waals surface area contributed by atoms with Crippen molar-refractivity contribution in [2.24, 2.45) is 0 Å². The number of esters is 2. The Balaban J connectivity index is 1.58. The highest BCUT2D eigenvalue weighted by atomic mass is 32.1. The third kappa shape index (κ3) is 4.62. The Morgan fingerprint density at radius 3 is 2.62 bits per heavy atom. The molecule has 0 saturated carbocycles. The lowest BCUT2D eigenvalue weighted by atomic mass is 10.1. The first kappa shape index (κ1) is 21.9. The van der Waals surface area contributed by atoms with Crippen LogP contribution < -0.4 is 14.8 Å². The maximum Gasteiger partial charge on any atom is 0.343 e. The molecule has 4 rings (SSSR count). The molecule has 0 unspecified atom stereocenters. The van der Waals surface area contributed by atoms with Gasteiger partial charge in [-0.05, 0) is 62.1 Å². The molecule has 166 valence electrons. The Kier molecular flexibility index (Phi) is 6.75. The van der Waals surface area contributed by atoms with E-state index in [2.05, 4.69) is 5.32 Å². The maximum absolute atomic E-state index is 12.6. The van der Waals surface area contributed by atoms with Crippen molar-refractivity contribution in [3.8, 4) is 11.5 Å². The molecule has 0 spiro atoms. The summed E-state index contributed by atoms with van der Waals surface area (Å²) in [6.07, 6.45) is 2.93. The summed E-state index contributed by atoms with van der Waals surface area (Å²) in [5.41, 5.74) is 2.95. The summed E-state index contributed by atoms with van der Waals surface area (Å²) in [5.74, 6) is 0.365. The molecule has 0 radical (unpaired) electrons. The number of hydrogen-bond donors (Lipinski definition) is 1. The van der Waals surface area contributed by atoms with Gasteiger partial charge in [-0.2, -0.15) is 0 Å². The zero-order chi connectivity index (χ0) is 22.5. The molecule has 0 amide bonds. The van der Waals surface area contributed by atoms with E-state index in [9.17, 15) is 9.59 Å². The standard InChI is InChI=1S/C25H25NO5S/c1-3-30-25(28)22-19-10-7-11-21(19)32-23(22)26-15-17-14-18(29-2)12-13-20(17)31-24(27)16-8-5-4-6-9-16/h4-6,8-9,12-14,26H,3,7,10-11,15H2,1-2H3. The van der Waals surface area contributed by atoms with Gasteiger partial charge in [-0.25, -0.2) is 9.59 Å². The molecule has 1 aromatic heterocycles. The third-order valence-corrected chi connectivity index (χ3v) is 6.57. The number of methoxy groups -OCH3 is 1. The second kappa shape index (κ2) is 9.87. The molecule has 32 heavy (non-hydrogen) atoms. The summed E-state index contributed by atoms with van der Waals surface area (Å²) in [6, 6.07) is 14.1. The van der Waals surface area contributed by atoms with Crippen molar-refractivity contribution in [1.82, 2.24) is 0 Å². The second-order valence-electron chi connectivity index (χ2n) is 7.36. The SMILES string of the molecule is CCOC(=O)c1c(NCc2cc(OC)ccc2OC(=O)c2ccccc2)sc2c1CCC2. The maximum atomic E-state index is 12.6. The number of carbonyl (C=O) groups excluding carboxylic acids is 2. The Morgan fingerprint density at radius 1 is 1.06 bits per heavy atom. The fraction of sp³-hybridized carbons (Fsp3) is 0.280. The molecule has 0 bridgehead atoms. The van der Waals surface area contributed by atoms with Gasteiger partial charge in [0.15, 0.2) is 0 Å². The molecule has 6 nitrogen and oxygen atoms in total. The minimum absolute atomic E-state index is 0.296. The van der Waals surface area contributed by atoms with E-state index in [-0.39, 0.29) is 5.97 Å². The lowest BCUT2D eigenvalue weighted by Crippen LogP contribution is -2.12. The molecule has 1 aliphatic rings. The number of nitrogens with one attached hydrogen (secondary N) is 1. The number of rotatable bonds is 8. The number of aryl methyl sites for hydroxylation is 1. The van der Waals surface area contributed by atoms with Crippen molar-refractivity contribution < 1.29 is 23.8 Å². The van der Waals surface area contributed by atoms with E-state index in [0.717, 1.165) is 35.4 Å². The molecule has 3 aromatic rings. The smallest absolute Gasteiger partial charge is 0.343 e. The fourth-order valence-electron chi connectivity index (χ4n) is 3.78. The zero-order valence-electron chi connectivity index (χ0n) is 18.1. The van der Waals surface area contributed by atoms with Crippen molar-refractivity contribution in [2.45, 2.75) is 32.7 Å². The number of thiophene rings is 1. The van der Waals surface area contributed by atoms with Crippen LogP contribution in [-0.2, 0) is 24.1 Å². The van der Waals surface area contributed by atoms with Gasteiger partial charge in [0, 0.05) is 17.0 Å².